The monoisotopic (exact) mass is 273 g/mol. The van der Waals surface area contributed by atoms with Crippen LogP contribution in [0.4, 0.5) is 0 Å². The van der Waals surface area contributed by atoms with Gasteiger partial charge in [0.15, 0.2) is 11.4 Å². The summed E-state index contributed by atoms with van der Waals surface area (Å²) < 4.78 is 13.4. The number of aromatic nitrogens is 3. The smallest absolute Gasteiger partial charge is 0.168 e. The number of pyridine rings is 1. The molecular formula is C15H19N3O2. The Bertz CT molecular complexity index is 621. The summed E-state index contributed by atoms with van der Waals surface area (Å²) in [5, 5.41) is 5.38. The molecule has 1 aliphatic carbocycles. The molecule has 1 aliphatic heterocycles. The van der Waals surface area contributed by atoms with Crippen LogP contribution < -0.4 is 0 Å². The SMILES string of the molecule is Cn1ncc2cc(C3CCC4(CC3)OCCO4)cnc21. The van der Waals surface area contributed by atoms with E-state index in [1.807, 2.05) is 24.1 Å². The van der Waals surface area contributed by atoms with E-state index < -0.39 is 0 Å². The van der Waals surface area contributed by atoms with Crippen molar-refractivity contribution in [2.75, 3.05) is 13.2 Å². The van der Waals surface area contributed by atoms with Gasteiger partial charge in [0.05, 0.1) is 19.4 Å². The van der Waals surface area contributed by atoms with Crippen molar-refractivity contribution in [3.8, 4) is 0 Å². The van der Waals surface area contributed by atoms with Crippen molar-refractivity contribution >= 4 is 11.0 Å². The van der Waals surface area contributed by atoms with Crippen LogP contribution in [0.3, 0.4) is 0 Å². The molecule has 2 aliphatic rings. The summed E-state index contributed by atoms with van der Waals surface area (Å²) in [4.78, 5) is 4.54. The topological polar surface area (TPSA) is 49.2 Å². The quantitative estimate of drug-likeness (QED) is 0.800. The molecule has 106 valence electrons. The van der Waals surface area contributed by atoms with Crippen molar-refractivity contribution in [3.05, 3.63) is 24.0 Å². The number of aryl methyl sites for hydroxylation is 1. The average Bonchev–Trinajstić information content (AvgIpc) is 3.08. The molecule has 2 fully saturated rings. The zero-order valence-corrected chi connectivity index (χ0v) is 11.7. The third kappa shape index (κ3) is 1.93. The van der Waals surface area contributed by atoms with Crippen LogP contribution in [0.25, 0.3) is 11.0 Å². The fraction of sp³-hybridized carbons (Fsp3) is 0.600. The fourth-order valence-corrected chi connectivity index (χ4v) is 3.46. The first-order chi connectivity index (χ1) is 9.76. The summed E-state index contributed by atoms with van der Waals surface area (Å²) in [7, 11) is 1.92. The molecule has 2 aromatic heterocycles. The van der Waals surface area contributed by atoms with Gasteiger partial charge in [-0.25, -0.2) is 4.98 Å². The number of nitrogens with zero attached hydrogens (tertiary/aromatic N) is 3. The van der Waals surface area contributed by atoms with Crippen molar-refractivity contribution in [3.63, 3.8) is 0 Å². The van der Waals surface area contributed by atoms with Crippen molar-refractivity contribution in [2.45, 2.75) is 37.4 Å². The van der Waals surface area contributed by atoms with E-state index in [4.69, 9.17) is 9.47 Å². The van der Waals surface area contributed by atoms with E-state index >= 15 is 0 Å². The molecule has 0 atom stereocenters. The summed E-state index contributed by atoms with van der Waals surface area (Å²) in [6, 6.07) is 2.23. The second kappa shape index (κ2) is 4.53. The Labute approximate surface area is 117 Å². The summed E-state index contributed by atoms with van der Waals surface area (Å²) in [6.45, 7) is 1.49. The first kappa shape index (κ1) is 12.3. The summed E-state index contributed by atoms with van der Waals surface area (Å²) in [5.41, 5.74) is 2.27. The van der Waals surface area contributed by atoms with Gasteiger partial charge in [0, 0.05) is 31.5 Å². The van der Waals surface area contributed by atoms with Crippen molar-refractivity contribution in [2.24, 2.45) is 7.05 Å². The average molecular weight is 273 g/mol. The van der Waals surface area contributed by atoms with Gasteiger partial charge in [0.2, 0.25) is 0 Å². The van der Waals surface area contributed by atoms with Gasteiger partial charge in [-0.15, -0.1) is 0 Å². The highest BCUT2D eigenvalue weighted by Gasteiger charge is 2.40. The van der Waals surface area contributed by atoms with Crippen LogP contribution in [-0.4, -0.2) is 33.8 Å². The van der Waals surface area contributed by atoms with Gasteiger partial charge in [-0.05, 0) is 30.4 Å². The summed E-state index contributed by atoms with van der Waals surface area (Å²) in [6.07, 6.45) is 8.08. The normalized spacial score (nSPS) is 22.9. The number of rotatable bonds is 1. The zero-order chi connectivity index (χ0) is 13.6. The predicted molar refractivity (Wildman–Crippen MR) is 74.4 cm³/mol. The van der Waals surface area contributed by atoms with Crippen LogP contribution in [-0.2, 0) is 16.5 Å². The zero-order valence-electron chi connectivity index (χ0n) is 11.7. The molecule has 2 aromatic rings. The van der Waals surface area contributed by atoms with E-state index in [9.17, 15) is 0 Å². The highest BCUT2D eigenvalue weighted by molar-refractivity contribution is 5.74. The van der Waals surface area contributed by atoms with E-state index in [-0.39, 0.29) is 5.79 Å². The maximum absolute atomic E-state index is 5.79. The van der Waals surface area contributed by atoms with Crippen molar-refractivity contribution < 1.29 is 9.47 Å². The van der Waals surface area contributed by atoms with Crippen molar-refractivity contribution in [1.82, 2.24) is 14.8 Å². The molecule has 20 heavy (non-hydrogen) atoms. The predicted octanol–water partition coefficient (Wildman–Crippen LogP) is 2.37. The van der Waals surface area contributed by atoms with Crippen LogP contribution in [0.5, 0.6) is 0 Å². The lowest BCUT2D eigenvalue weighted by molar-refractivity contribution is -0.178. The Balaban J connectivity index is 1.55. The minimum atomic E-state index is -0.275. The van der Waals surface area contributed by atoms with Gasteiger partial charge in [-0.1, -0.05) is 0 Å². The van der Waals surface area contributed by atoms with Crippen LogP contribution in [0, 0.1) is 0 Å². The maximum atomic E-state index is 5.79. The Morgan fingerprint density at radius 2 is 1.95 bits per heavy atom. The lowest BCUT2D eigenvalue weighted by Crippen LogP contribution is -2.34. The molecule has 5 nitrogen and oxygen atoms in total. The van der Waals surface area contributed by atoms with Crippen LogP contribution in [0.2, 0.25) is 0 Å². The van der Waals surface area contributed by atoms with Gasteiger partial charge in [-0.3, -0.25) is 4.68 Å². The van der Waals surface area contributed by atoms with E-state index in [1.165, 1.54) is 5.56 Å². The molecular weight excluding hydrogens is 254 g/mol. The van der Waals surface area contributed by atoms with Crippen LogP contribution in [0.1, 0.15) is 37.2 Å². The second-order valence-corrected chi connectivity index (χ2v) is 5.83. The summed E-state index contributed by atoms with van der Waals surface area (Å²) >= 11 is 0. The van der Waals surface area contributed by atoms with Gasteiger partial charge < -0.3 is 9.47 Å². The number of ether oxygens (including phenoxy) is 2. The maximum Gasteiger partial charge on any atom is 0.168 e. The standard InChI is InChI=1S/C15H19N3O2/c1-18-14-13(10-17-18)8-12(9-16-14)11-2-4-15(5-3-11)19-6-7-20-15/h8-11H,2-7H2,1H3. The van der Waals surface area contributed by atoms with Crippen LogP contribution in [0.15, 0.2) is 18.5 Å². The first-order valence-electron chi connectivity index (χ1n) is 7.31. The molecule has 0 bridgehead atoms. The highest BCUT2D eigenvalue weighted by atomic mass is 16.7. The lowest BCUT2D eigenvalue weighted by Gasteiger charge is -2.35. The molecule has 5 heteroatoms. The van der Waals surface area contributed by atoms with Gasteiger partial charge in [0.25, 0.3) is 0 Å². The molecule has 1 saturated carbocycles. The second-order valence-electron chi connectivity index (χ2n) is 5.83. The van der Waals surface area contributed by atoms with E-state index in [0.717, 1.165) is 49.9 Å². The molecule has 3 heterocycles. The molecule has 0 aromatic carbocycles. The molecule has 1 spiro atoms. The van der Waals surface area contributed by atoms with Gasteiger partial charge >= 0.3 is 0 Å². The Hall–Kier alpha value is -1.46. The van der Waals surface area contributed by atoms with Gasteiger partial charge in [-0.2, -0.15) is 5.10 Å². The molecule has 0 radical (unpaired) electrons. The van der Waals surface area contributed by atoms with Crippen molar-refractivity contribution in [1.29, 1.82) is 0 Å². The molecule has 4 rings (SSSR count). The molecule has 0 N–H and O–H groups in total. The lowest BCUT2D eigenvalue weighted by atomic mass is 9.81. The Morgan fingerprint density at radius 3 is 2.70 bits per heavy atom. The summed E-state index contributed by atoms with van der Waals surface area (Å²) in [5.74, 6) is 0.285. The molecule has 1 saturated heterocycles. The van der Waals surface area contributed by atoms with E-state index in [2.05, 4.69) is 16.1 Å². The minimum absolute atomic E-state index is 0.275. The van der Waals surface area contributed by atoms with Crippen LogP contribution >= 0.6 is 0 Å². The van der Waals surface area contributed by atoms with Gasteiger partial charge in [0.1, 0.15) is 0 Å². The number of hydrogen-bond acceptors (Lipinski definition) is 4. The Morgan fingerprint density at radius 1 is 1.20 bits per heavy atom. The molecule has 0 amide bonds. The number of fused-ring (bicyclic) bond motifs is 1. The highest BCUT2D eigenvalue weighted by Crippen LogP contribution is 2.42. The third-order valence-corrected chi connectivity index (χ3v) is 4.63. The number of hydrogen-bond donors (Lipinski definition) is 0. The molecule has 0 unspecified atom stereocenters. The van der Waals surface area contributed by atoms with E-state index in [1.54, 1.807) is 0 Å². The first-order valence-corrected chi connectivity index (χ1v) is 7.31. The fourth-order valence-electron chi connectivity index (χ4n) is 3.46. The largest absolute Gasteiger partial charge is 0.348 e. The van der Waals surface area contributed by atoms with E-state index in [0.29, 0.717) is 5.92 Å². The Kier molecular flexibility index (Phi) is 2.79. The minimum Gasteiger partial charge on any atom is -0.348 e. The third-order valence-electron chi connectivity index (χ3n) is 4.63.